The quantitative estimate of drug-likeness (QED) is 0.431. The van der Waals surface area contributed by atoms with Gasteiger partial charge in [-0.3, -0.25) is 14.2 Å². The first-order chi connectivity index (χ1) is 13.3. The topological polar surface area (TPSA) is 64.0 Å². The number of allylic oxidation sites excluding steroid dienone is 1. The number of fused-ring (bicyclic) bond motifs is 1. The summed E-state index contributed by atoms with van der Waals surface area (Å²) < 4.78 is 1.62. The number of carbonyl (C=O) groups excluding carboxylic acids is 1. The summed E-state index contributed by atoms with van der Waals surface area (Å²) in [6.07, 6.45) is 5.14. The van der Waals surface area contributed by atoms with Gasteiger partial charge in [0.2, 0.25) is 5.91 Å². The van der Waals surface area contributed by atoms with E-state index in [9.17, 15) is 9.59 Å². The van der Waals surface area contributed by atoms with Crippen LogP contribution in [0.25, 0.3) is 10.2 Å². The molecule has 2 heterocycles. The summed E-state index contributed by atoms with van der Waals surface area (Å²) in [7, 11) is 0. The molecule has 5 nitrogen and oxygen atoms in total. The summed E-state index contributed by atoms with van der Waals surface area (Å²) in [5.41, 5.74) is 0.939. The predicted octanol–water partition coefficient (Wildman–Crippen LogP) is 4.29. The van der Waals surface area contributed by atoms with Crippen molar-refractivity contribution >= 4 is 39.2 Å². The lowest BCUT2D eigenvalue weighted by Crippen LogP contribution is -2.44. The molecule has 2 aromatic heterocycles. The number of carbonyl (C=O) groups is 1. The standard InChI is InChI=1S/C21H29N3O2S2/c1-6-10-24-20(26)18-14(4)15(5)28-19(18)23-21(24)27-11-17(25)22-16-9-7-8-12(2)13(16)3/h6,12-13,16H,1,7-11H2,2-5H3,(H,22,25)/t12-,13-,16+/m0/s1. The number of thiophene rings is 1. The second-order valence-electron chi connectivity index (χ2n) is 7.79. The van der Waals surface area contributed by atoms with Crippen LogP contribution in [0.1, 0.15) is 43.6 Å². The molecule has 3 rings (SSSR count). The van der Waals surface area contributed by atoms with E-state index >= 15 is 0 Å². The fourth-order valence-electron chi connectivity index (χ4n) is 3.87. The molecule has 0 bridgehead atoms. The van der Waals surface area contributed by atoms with Gasteiger partial charge in [0.05, 0.1) is 11.1 Å². The van der Waals surface area contributed by atoms with Crippen LogP contribution in [0, 0.1) is 25.7 Å². The molecular formula is C21H29N3O2S2. The number of aromatic nitrogens is 2. The molecule has 1 saturated carbocycles. The molecule has 1 aliphatic rings. The Hall–Kier alpha value is -1.60. The Bertz CT molecular complexity index is 947. The molecule has 1 amide bonds. The van der Waals surface area contributed by atoms with E-state index in [-0.39, 0.29) is 23.3 Å². The molecule has 0 unspecified atom stereocenters. The molecule has 3 atom stereocenters. The summed E-state index contributed by atoms with van der Waals surface area (Å²) in [5.74, 6) is 1.40. The predicted molar refractivity (Wildman–Crippen MR) is 118 cm³/mol. The highest BCUT2D eigenvalue weighted by Gasteiger charge is 2.28. The summed E-state index contributed by atoms with van der Waals surface area (Å²) in [6.45, 7) is 12.6. The van der Waals surface area contributed by atoms with E-state index in [2.05, 4.69) is 25.7 Å². The van der Waals surface area contributed by atoms with Crippen molar-refractivity contribution in [3.63, 3.8) is 0 Å². The summed E-state index contributed by atoms with van der Waals surface area (Å²) in [5, 5.41) is 4.46. The number of hydrogen-bond acceptors (Lipinski definition) is 5. The smallest absolute Gasteiger partial charge is 0.263 e. The molecule has 0 aromatic carbocycles. The fraction of sp³-hybridized carbons (Fsp3) is 0.571. The Kier molecular flexibility index (Phi) is 6.65. The molecule has 0 saturated heterocycles. The molecule has 1 fully saturated rings. The third kappa shape index (κ3) is 4.20. The molecule has 28 heavy (non-hydrogen) atoms. The van der Waals surface area contributed by atoms with Gasteiger partial charge in [-0.05, 0) is 37.7 Å². The first-order valence-electron chi connectivity index (χ1n) is 9.87. The van der Waals surface area contributed by atoms with E-state index in [0.29, 0.717) is 28.9 Å². The molecule has 152 valence electrons. The highest BCUT2D eigenvalue weighted by atomic mass is 32.2. The Morgan fingerprint density at radius 3 is 2.86 bits per heavy atom. The number of thioether (sulfide) groups is 1. The second-order valence-corrected chi connectivity index (χ2v) is 9.94. The molecule has 2 aromatic rings. The van der Waals surface area contributed by atoms with Gasteiger partial charge in [-0.2, -0.15) is 0 Å². The molecule has 1 aliphatic carbocycles. The van der Waals surface area contributed by atoms with Gasteiger partial charge in [-0.15, -0.1) is 17.9 Å². The van der Waals surface area contributed by atoms with Crippen LogP contribution in [0.2, 0.25) is 0 Å². The van der Waals surface area contributed by atoms with Gasteiger partial charge in [0.15, 0.2) is 5.16 Å². The van der Waals surface area contributed by atoms with E-state index in [1.807, 2.05) is 13.8 Å². The Morgan fingerprint density at radius 2 is 2.14 bits per heavy atom. The van der Waals surface area contributed by atoms with Gasteiger partial charge in [0, 0.05) is 17.5 Å². The highest BCUT2D eigenvalue weighted by molar-refractivity contribution is 7.99. The highest BCUT2D eigenvalue weighted by Crippen LogP contribution is 2.30. The van der Waals surface area contributed by atoms with Crippen molar-refractivity contribution in [2.24, 2.45) is 11.8 Å². The minimum atomic E-state index is -0.0515. The molecule has 1 N–H and O–H groups in total. The van der Waals surface area contributed by atoms with Gasteiger partial charge in [0.1, 0.15) is 4.83 Å². The summed E-state index contributed by atoms with van der Waals surface area (Å²) >= 11 is 2.86. The van der Waals surface area contributed by atoms with Crippen molar-refractivity contribution in [1.82, 2.24) is 14.9 Å². The zero-order chi connectivity index (χ0) is 20.4. The second kappa shape index (κ2) is 8.82. The Morgan fingerprint density at radius 1 is 1.39 bits per heavy atom. The maximum absolute atomic E-state index is 13.0. The molecular weight excluding hydrogens is 390 g/mol. The Labute approximate surface area is 174 Å². The van der Waals surface area contributed by atoms with Gasteiger partial charge < -0.3 is 5.32 Å². The minimum Gasteiger partial charge on any atom is -0.352 e. The van der Waals surface area contributed by atoms with Gasteiger partial charge >= 0.3 is 0 Å². The van der Waals surface area contributed by atoms with Crippen LogP contribution in [0.15, 0.2) is 22.6 Å². The maximum atomic E-state index is 13.0. The first-order valence-corrected chi connectivity index (χ1v) is 11.7. The van der Waals surface area contributed by atoms with Crippen molar-refractivity contribution in [1.29, 1.82) is 0 Å². The van der Waals surface area contributed by atoms with E-state index < -0.39 is 0 Å². The number of nitrogens with zero attached hydrogens (tertiary/aromatic N) is 2. The van der Waals surface area contributed by atoms with Gasteiger partial charge in [-0.25, -0.2) is 4.98 Å². The molecule has 0 aliphatic heterocycles. The van der Waals surface area contributed by atoms with Crippen molar-refractivity contribution in [3.8, 4) is 0 Å². The van der Waals surface area contributed by atoms with Crippen LogP contribution in [0.5, 0.6) is 0 Å². The summed E-state index contributed by atoms with van der Waals surface area (Å²) in [4.78, 5) is 32.1. The zero-order valence-corrected chi connectivity index (χ0v) is 18.7. The van der Waals surface area contributed by atoms with Crippen LogP contribution < -0.4 is 10.9 Å². The third-order valence-corrected chi connectivity index (χ3v) is 8.03. The lowest BCUT2D eigenvalue weighted by molar-refractivity contribution is -0.120. The summed E-state index contributed by atoms with van der Waals surface area (Å²) in [6, 6.07) is 0.241. The van der Waals surface area contributed by atoms with Crippen LogP contribution in [0.4, 0.5) is 0 Å². The third-order valence-electron chi connectivity index (χ3n) is 5.95. The number of rotatable bonds is 6. The molecule has 0 spiro atoms. The SMILES string of the molecule is C=CCn1c(SCC(=O)N[C@@H]2CCC[C@H](C)[C@@H]2C)nc2sc(C)c(C)c2c1=O. The van der Waals surface area contributed by atoms with Gasteiger partial charge in [-0.1, -0.05) is 44.5 Å². The first kappa shape index (κ1) is 21.1. The number of amides is 1. The average molecular weight is 420 g/mol. The number of hydrogen-bond donors (Lipinski definition) is 1. The monoisotopic (exact) mass is 419 g/mol. The minimum absolute atomic E-state index is 0.00832. The van der Waals surface area contributed by atoms with Crippen LogP contribution in [-0.2, 0) is 11.3 Å². The van der Waals surface area contributed by atoms with Crippen molar-refractivity contribution in [2.75, 3.05) is 5.75 Å². The Balaban J connectivity index is 1.78. The molecule has 7 heteroatoms. The van der Waals surface area contributed by atoms with Crippen molar-refractivity contribution in [2.45, 2.75) is 64.7 Å². The maximum Gasteiger partial charge on any atom is 0.263 e. The number of aryl methyl sites for hydroxylation is 2. The largest absolute Gasteiger partial charge is 0.352 e. The van der Waals surface area contributed by atoms with E-state index in [0.717, 1.165) is 28.1 Å². The average Bonchev–Trinajstić information content (AvgIpc) is 2.94. The van der Waals surface area contributed by atoms with E-state index in [4.69, 9.17) is 4.98 Å². The fourth-order valence-corrected chi connectivity index (χ4v) is 5.76. The molecule has 0 radical (unpaired) electrons. The number of nitrogens with one attached hydrogen (secondary N) is 1. The van der Waals surface area contributed by atoms with Gasteiger partial charge in [0.25, 0.3) is 5.56 Å². The lowest BCUT2D eigenvalue weighted by Gasteiger charge is -2.34. The van der Waals surface area contributed by atoms with Crippen LogP contribution in [-0.4, -0.2) is 27.3 Å². The lowest BCUT2D eigenvalue weighted by atomic mass is 9.78. The zero-order valence-electron chi connectivity index (χ0n) is 17.1. The van der Waals surface area contributed by atoms with Crippen molar-refractivity contribution in [3.05, 3.63) is 33.4 Å². The van der Waals surface area contributed by atoms with Crippen LogP contribution >= 0.6 is 23.1 Å². The normalized spacial score (nSPS) is 22.4. The van der Waals surface area contributed by atoms with Crippen molar-refractivity contribution < 1.29 is 4.79 Å². The van der Waals surface area contributed by atoms with Crippen LogP contribution in [0.3, 0.4) is 0 Å². The van der Waals surface area contributed by atoms with E-state index in [1.54, 1.807) is 10.6 Å². The van der Waals surface area contributed by atoms with E-state index in [1.165, 1.54) is 29.5 Å².